The van der Waals surface area contributed by atoms with Crippen LogP contribution in [0.25, 0.3) is 0 Å². The molecule has 1 aromatic carbocycles. The summed E-state index contributed by atoms with van der Waals surface area (Å²) < 4.78 is 6.28. The smallest absolute Gasteiger partial charge is 0.133 e. The van der Waals surface area contributed by atoms with Crippen molar-refractivity contribution in [3.05, 3.63) is 28.2 Å². The van der Waals surface area contributed by atoms with E-state index in [1.807, 2.05) is 6.07 Å². The molecule has 0 aliphatic carbocycles. The van der Waals surface area contributed by atoms with Crippen molar-refractivity contribution in [2.24, 2.45) is 5.92 Å². The lowest BCUT2D eigenvalue weighted by Gasteiger charge is -2.22. The largest absolute Gasteiger partial charge is 0.496 e. The Kier molecular flexibility index (Phi) is 6.72. The number of hydrogen-bond acceptors (Lipinski definition) is 2. The molecule has 3 heteroatoms. The van der Waals surface area contributed by atoms with Crippen LogP contribution in [-0.4, -0.2) is 19.7 Å². The highest BCUT2D eigenvalue weighted by molar-refractivity contribution is 9.10. The summed E-state index contributed by atoms with van der Waals surface area (Å²) in [6, 6.07) is 6.86. The van der Waals surface area contributed by atoms with Crippen LogP contribution in [-0.2, 0) is 6.42 Å². The molecular weight excluding hydrogens is 290 g/mol. The third-order valence-corrected chi connectivity index (χ3v) is 3.75. The molecule has 1 N–H and O–H groups in total. The minimum absolute atomic E-state index is 0.533. The van der Waals surface area contributed by atoms with Crippen LogP contribution >= 0.6 is 15.9 Å². The monoisotopic (exact) mass is 313 g/mol. The lowest BCUT2D eigenvalue weighted by Crippen LogP contribution is -2.36. The third-order valence-electron chi connectivity index (χ3n) is 3.13. The first-order valence-corrected chi connectivity index (χ1v) is 7.43. The van der Waals surface area contributed by atoms with Gasteiger partial charge in [0.05, 0.1) is 11.6 Å². The number of methoxy groups -OCH3 is 1. The van der Waals surface area contributed by atoms with Crippen molar-refractivity contribution in [2.75, 3.05) is 13.7 Å². The highest BCUT2D eigenvalue weighted by atomic mass is 79.9. The maximum atomic E-state index is 5.25. The van der Waals surface area contributed by atoms with Gasteiger partial charge in [-0.3, -0.25) is 0 Å². The summed E-state index contributed by atoms with van der Waals surface area (Å²) in [7, 11) is 1.69. The summed E-state index contributed by atoms with van der Waals surface area (Å²) in [6.07, 6.45) is 2.23. The minimum atomic E-state index is 0.533. The molecule has 0 fully saturated rings. The van der Waals surface area contributed by atoms with Gasteiger partial charge >= 0.3 is 0 Å². The summed E-state index contributed by atoms with van der Waals surface area (Å²) in [4.78, 5) is 0. The summed E-state index contributed by atoms with van der Waals surface area (Å²) >= 11 is 3.54. The Balaban J connectivity index is 2.71. The predicted molar refractivity (Wildman–Crippen MR) is 81.3 cm³/mol. The molecule has 0 spiro atoms. The van der Waals surface area contributed by atoms with Crippen molar-refractivity contribution in [1.29, 1.82) is 0 Å². The number of rotatable bonds is 7. The zero-order chi connectivity index (χ0) is 13.5. The lowest BCUT2D eigenvalue weighted by atomic mass is 9.96. The van der Waals surface area contributed by atoms with Crippen LogP contribution in [0, 0.1) is 5.92 Å². The van der Waals surface area contributed by atoms with Gasteiger partial charge in [-0.2, -0.15) is 0 Å². The second kappa shape index (κ2) is 7.80. The highest BCUT2D eigenvalue weighted by Gasteiger charge is 2.13. The molecule has 0 heterocycles. The topological polar surface area (TPSA) is 21.3 Å². The Morgan fingerprint density at radius 2 is 2.06 bits per heavy atom. The van der Waals surface area contributed by atoms with Crippen LogP contribution in [0.5, 0.6) is 5.75 Å². The molecule has 1 aromatic rings. The van der Waals surface area contributed by atoms with E-state index in [1.54, 1.807) is 7.11 Å². The van der Waals surface area contributed by atoms with Crippen molar-refractivity contribution in [3.8, 4) is 5.75 Å². The van der Waals surface area contributed by atoms with Crippen LogP contribution in [0.2, 0.25) is 0 Å². The van der Waals surface area contributed by atoms with E-state index < -0.39 is 0 Å². The van der Waals surface area contributed by atoms with E-state index in [0.717, 1.165) is 23.2 Å². The molecule has 0 saturated carbocycles. The van der Waals surface area contributed by atoms with E-state index in [4.69, 9.17) is 4.74 Å². The van der Waals surface area contributed by atoms with Gasteiger partial charge in [-0.15, -0.1) is 0 Å². The molecule has 0 aliphatic rings. The van der Waals surface area contributed by atoms with Crippen LogP contribution < -0.4 is 10.1 Å². The summed E-state index contributed by atoms with van der Waals surface area (Å²) in [5.74, 6) is 1.53. The van der Waals surface area contributed by atoms with Gasteiger partial charge in [0.2, 0.25) is 0 Å². The van der Waals surface area contributed by atoms with E-state index in [9.17, 15) is 0 Å². The van der Waals surface area contributed by atoms with Crippen molar-refractivity contribution in [1.82, 2.24) is 5.32 Å². The van der Waals surface area contributed by atoms with Crippen LogP contribution in [0.3, 0.4) is 0 Å². The van der Waals surface area contributed by atoms with E-state index in [0.29, 0.717) is 12.0 Å². The Morgan fingerprint density at radius 1 is 1.33 bits per heavy atom. The first-order valence-electron chi connectivity index (χ1n) is 6.64. The Bertz CT molecular complexity index is 366. The fourth-order valence-electron chi connectivity index (χ4n) is 1.96. The first-order chi connectivity index (χ1) is 8.58. The minimum Gasteiger partial charge on any atom is -0.496 e. The number of halogens is 1. The average Bonchev–Trinajstić information content (AvgIpc) is 2.34. The highest BCUT2D eigenvalue weighted by Crippen LogP contribution is 2.26. The molecule has 0 radical (unpaired) electrons. The van der Waals surface area contributed by atoms with Crippen molar-refractivity contribution < 1.29 is 4.74 Å². The third kappa shape index (κ3) is 4.62. The molecule has 0 aliphatic heterocycles. The summed E-state index contributed by atoms with van der Waals surface area (Å²) in [5, 5.41) is 3.62. The Labute approximate surface area is 119 Å². The molecule has 0 saturated heterocycles. The molecule has 0 aromatic heterocycles. The van der Waals surface area contributed by atoms with Gasteiger partial charge in [0.25, 0.3) is 0 Å². The maximum absolute atomic E-state index is 5.25. The molecule has 0 bridgehead atoms. The van der Waals surface area contributed by atoms with Gasteiger partial charge in [-0.25, -0.2) is 0 Å². The standard InChI is InChI=1S/C15H24BrNO/c1-5-8-17-14(11(2)3)10-12-6-7-15(18-4)13(16)9-12/h6-7,9,11,14,17H,5,8,10H2,1-4H3. The SMILES string of the molecule is CCCNC(Cc1ccc(OC)c(Br)c1)C(C)C. The Hall–Kier alpha value is -0.540. The predicted octanol–water partition coefficient (Wildman–Crippen LogP) is 4.02. The molecule has 1 atom stereocenters. The first kappa shape index (κ1) is 15.5. The zero-order valence-electron chi connectivity index (χ0n) is 11.8. The second-order valence-electron chi connectivity index (χ2n) is 4.98. The van der Waals surface area contributed by atoms with Gasteiger partial charge < -0.3 is 10.1 Å². The quantitative estimate of drug-likeness (QED) is 0.820. The van der Waals surface area contributed by atoms with Gasteiger partial charge in [0.1, 0.15) is 5.75 Å². The molecule has 1 rings (SSSR count). The van der Waals surface area contributed by atoms with Gasteiger partial charge in [0, 0.05) is 6.04 Å². The van der Waals surface area contributed by atoms with Crippen molar-refractivity contribution in [2.45, 2.75) is 39.7 Å². The molecule has 18 heavy (non-hydrogen) atoms. The van der Waals surface area contributed by atoms with Gasteiger partial charge in [-0.1, -0.05) is 26.8 Å². The van der Waals surface area contributed by atoms with Gasteiger partial charge in [-0.05, 0) is 58.9 Å². The maximum Gasteiger partial charge on any atom is 0.133 e. The normalized spacial score (nSPS) is 12.8. The lowest BCUT2D eigenvalue weighted by molar-refractivity contribution is 0.396. The number of nitrogens with one attached hydrogen (secondary N) is 1. The van der Waals surface area contributed by atoms with Crippen molar-refractivity contribution >= 4 is 15.9 Å². The number of ether oxygens (including phenoxy) is 1. The average molecular weight is 314 g/mol. The van der Waals surface area contributed by atoms with E-state index in [2.05, 4.69) is 54.2 Å². The molecule has 102 valence electrons. The van der Waals surface area contributed by atoms with Crippen LogP contribution in [0.1, 0.15) is 32.8 Å². The van der Waals surface area contributed by atoms with Crippen molar-refractivity contribution in [3.63, 3.8) is 0 Å². The van der Waals surface area contributed by atoms with E-state index in [1.165, 1.54) is 12.0 Å². The Morgan fingerprint density at radius 3 is 2.56 bits per heavy atom. The zero-order valence-corrected chi connectivity index (χ0v) is 13.4. The van der Waals surface area contributed by atoms with E-state index >= 15 is 0 Å². The summed E-state index contributed by atoms with van der Waals surface area (Å²) in [5.41, 5.74) is 1.34. The molecule has 2 nitrogen and oxygen atoms in total. The number of benzene rings is 1. The number of hydrogen-bond donors (Lipinski definition) is 1. The molecule has 0 amide bonds. The van der Waals surface area contributed by atoms with Gasteiger partial charge in [0.15, 0.2) is 0 Å². The molecular formula is C15H24BrNO. The fourth-order valence-corrected chi connectivity index (χ4v) is 2.55. The summed E-state index contributed by atoms with van der Waals surface area (Å²) in [6.45, 7) is 7.83. The fraction of sp³-hybridized carbons (Fsp3) is 0.600. The molecule has 1 unspecified atom stereocenters. The van der Waals surface area contributed by atoms with Crippen LogP contribution in [0.15, 0.2) is 22.7 Å². The van der Waals surface area contributed by atoms with E-state index in [-0.39, 0.29) is 0 Å². The second-order valence-corrected chi connectivity index (χ2v) is 5.83. The van der Waals surface area contributed by atoms with Crippen LogP contribution in [0.4, 0.5) is 0 Å².